The Bertz CT molecular complexity index is 568. The third-order valence-electron chi connectivity index (χ3n) is 2.59. The van der Waals surface area contributed by atoms with Crippen molar-refractivity contribution < 1.29 is 4.79 Å². The van der Waals surface area contributed by atoms with Crippen molar-refractivity contribution >= 4 is 17.4 Å². The van der Waals surface area contributed by atoms with E-state index < -0.39 is 0 Å². The summed E-state index contributed by atoms with van der Waals surface area (Å²) < 4.78 is 0. The van der Waals surface area contributed by atoms with Crippen LogP contribution in [0.25, 0.3) is 11.1 Å². The number of pyridine rings is 2. The van der Waals surface area contributed by atoms with Gasteiger partial charge < -0.3 is 10.6 Å². The van der Waals surface area contributed by atoms with Crippen LogP contribution in [-0.2, 0) is 4.79 Å². The molecule has 0 bridgehead atoms. The summed E-state index contributed by atoms with van der Waals surface area (Å²) >= 11 is 0. The predicted octanol–water partition coefficient (Wildman–Crippen LogP) is 1.51. The average Bonchev–Trinajstić information content (AvgIpc) is 2.39. The van der Waals surface area contributed by atoms with Gasteiger partial charge in [-0.2, -0.15) is 0 Å². The molecule has 2 N–H and O–H groups in total. The van der Waals surface area contributed by atoms with Crippen molar-refractivity contribution in [1.29, 1.82) is 0 Å². The molecule has 3 heterocycles. The minimum Gasteiger partial charge on any atom is -0.359 e. The van der Waals surface area contributed by atoms with E-state index in [1.807, 2.05) is 18.2 Å². The topological polar surface area (TPSA) is 66.9 Å². The summed E-state index contributed by atoms with van der Waals surface area (Å²) in [6.07, 6.45) is 5.23. The molecule has 0 aromatic carbocycles. The van der Waals surface area contributed by atoms with Gasteiger partial charge in [-0.3, -0.25) is 9.78 Å². The Balaban J connectivity index is 2.04. The maximum Gasteiger partial charge on any atom is 0.243 e. The van der Waals surface area contributed by atoms with E-state index in [-0.39, 0.29) is 12.5 Å². The van der Waals surface area contributed by atoms with E-state index in [9.17, 15) is 4.79 Å². The molecule has 0 saturated heterocycles. The second-order valence-corrected chi connectivity index (χ2v) is 3.76. The van der Waals surface area contributed by atoms with E-state index in [2.05, 4.69) is 20.6 Å². The maximum absolute atomic E-state index is 11.3. The molecule has 1 amide bonds. The summed E-state index contributed by atoms with van der Waals surface area (Å²) in [4.78, 5) is 19.5. The summed E-state index contributed by atoms with van der Waals surface area (Å²) in [5.41, 5.74) is 2.70. The number of hydrogen-bond donors (Lipinski definition) is 2. The summed E-state index contributed by atoms with van der Waals surface area (Å²) in [6, 6.07) is 5.71. The Kier molecular flexibility index (Phi) is 2.22. The molecule has 0 saturated carbocycles. The van der Waals surface area contributed by atoms with Gasteiger partial charge in [-0.1, -0.05) is 0 Å². The molecule has 0 spiro atoms. The number of amides is 1. The molecule has 0 aliphatic carbocycles. The monoisotopic (exact) mass is 226 g/mol. The lowest BCUT2D eigenvalue weighted by Crippen LogP contribution is -2.27. The van der Waals surface area contributed by atoms with Crippen molar-refractivity contribution in [3.8, 4) is 11.1 Å². The summed E-state index contributed by atoms with van der Waals surface area (Å²) in [7, 11) is 0. The number of nitrogens with zero attached hydrogens (tertiary/aromatic N) is 2. The van der Waals surface area contributed by atoms with Crippen LogP contribution in [0.3, 0.4) is 0 Å². The number of fused-ring (bicyclic) bond motifs is 1. The Morgan fingerprint density at radius 2 is 2.00 bits per heavy atom. The Hall–Kier alpha value is -2.43. The molecular formula is C12H10N4O. The molecule has 0 atom stereocenters. The molecule has 84 valence electrons. The molecule has 2 aromatic rings. The van der Waals surface area contributed by atoms with Crippen LogP contribution >= 0.6 is 0 Å². The number of aromatic nitrogens is 2. The van der Waals surface area contributed by atoms with E-state index in [1.165, 1.54) is 0 Å². The molecule has 5 heteroatoms. The zero-order valence-corrected chi connectivity index (χ0v) is 8.97. The van der Waals surface area contributed by atoms with E-state index in [0.29, 0.717) is 5.82 Å². The second kappa shape index (κ2) is 3.86. The van der Waals surface area contributed by atoms with Gasteiger partial charge in [0.15, 0.2) is 0 Å². The lowest BCUT2D eigenvalue weighted by atomic mass is 10.1. The molecular weight excluding hydrogens is 216 g/mol. The largest absolute Gasteiger partial charge is 0.359 e. The normalized spacial score (nSPS) is 13.5. The average molecular weight is 226 g/mol. The van der Waals surface area contributed by atoms with E-state index in [4.69, 9.17) is 0 Å². The highest BCUT2D eigenvalue weighted by Gasteiger charge is 2.15. The number of hydrogen-bond acceptors (Lipinski definition) is 4. The number of carbonyl (C=O) groups excluding carboxylic acids is 1. The van der Waals surface area contributed by atoms with Gasteiger partial charge in [-0.15, -0.1) is 0 Å². The molecule has 2 aromatic heterocycles. The molecule has 1 aliphatic heterocycles. The van der Waals surface area contributed by atoms with Crippen molar-refractivity contribution in [2.75, 3.05) is 17.2 Å². The van der Waals surface area contributed by atoms with Crippen LogP contribution in [0.4, 0.5) is 11.5 Å². The fourth-order valence-electron chi connectivity index (χ4n) is 1.76. The Morgan fingerprint density at radius 3 is 2.82 bits per heavy atom. The number of rotatable bonds is 1. The van der Waals surface area contributed by atoms with Crippen LogP contribution in [0.2, 0.25) is 0 Å². The quantitative estimate of drug-likeness (QED) is 0.773. The van der Waals surface area contributed by atoms with Crippen LogP contribution in [0.1, 0.15) is 0 Å². The molecule has 5 nitrogen and oxygen atoms in total. The zero-order valence-electron chi connectivity index (χ0n) is 8.97. The van der Waals surface area contributed by atoms with Gasteiger partial charge in [0.25, 0.3) is 0 Å². The van der Waals surface area contributed by atoms with Crippen molar-refractivity contribution in [1.82, 2.24) is 9.97 Å². The van der Waals surface area contributed by atoms with Crippen molar-refractivity contribution in [2.45, 2.75) is 0 Å². The van der Waals surface area contributed by atoms with E-state index in [0.717, 1.165) is 16.8 Å². The predicted molar refractivity (Wildman–Crippen MR) is 64.6 cm³/mol. The van der Waals surface area contributed by atoms with Crippen molar-refractivity contribution in [2.24, 2.45) is 0 Å². The van der Waals surface area contributed by atoms with Crippen LogP contribution in [0, 0.1) is 0 Å². The van der Waals surface area contributed by atoms with Crippen LogP contribution in [0.15, 0.2) is 36.8 Å². The zero-order chi connectivity index (χ0) is 11.7. The smallest absolute Gasteiger partial charge is 0.243 e. The van der Waals surface area contributed by atoms with Gasteiger partial charge in [0.1, 0.15) is 5.82 Å². The first kappa shape index (κ1) is 9.77. The highest BCUT2D eigenvalue weighted by Crippen LogP contribution is 2.27. The first-order chi connectivity index (χ1) is 8.33. The van der Waals surface area contributed by atoms with Gasteiger partial charge in [0.2, 0.25) is 5.91 Å². The Morgan fingerprint density at radius 1 is 1.18 bits per heavy atom. The summed E-state index contributed by atoms with van der Waals surface area (Å²) in [5.74, 6) is 0.661. The highest BCUT2D eigenvalue weighted by atomic mass is 16.2. The van der Waals surface area contributed by atoms with Gasteiger partial charge >= 0.3 is 0 Å². The van der Waals surface area contributed by atoms with Crippen molar-refractivity contribution in [3.05, 3.63) is 36.8 Å². The number of carbonyl (C=O) groups is 1. The first-order valence-corrected chi connectivity index (χ1v) is 5.27. The van der Waals surface area contributed by atoms with Gasteiger partial charge in [-0.25, -0.2) is 4.98 Å². The third-order valence-corrected chi connectivity index (χ3v) is 2.59. The standard InChI is InChI=1S/C12H10N4O/c17-11-7-15-12-10(16-11)5-9(6-14-12)8-1-3-13-4-2-8/h1-6H,7H2,(H,14,15)(H,16,17). The molecule has 0 radical (unpaired) electrons. The number of nitrogens with one attached hydrogen (secondary N) is 2. The minimum absolute atomic E-state index is 0.0498. The maximum atomic E-state index is 11.3. The molecule has 17 heavy (non-hydrogen) atoms. The third kappa shape index (κ3) is 1.82. The Labute approximate surface area is 97.9 Å². The summed E-state index contributed by atoms with van der Waals surface area (Å²) in [6.45, 7) is 0.272. The van der Waals surface area contributed by atoms with E-state index >= 15 is 0 Å². The fraction of sp³-hybridized carbons (Fsp3) is 0.0833. The molecule has 0 fully saturated rings. The summed E-state index contributed by atoms with van der Waals surface area (Å²) in [5, 5.41) is 5.75. The van der Waals surface area contributed by atoms with Gasteiger partial charge in [0.05, 0.1) is 12.2 Å². The van der Waals surface area contributed by atoms with E-state index in [1.54, 1.807) is 18.6 Å². The van der Waals surface area contributed by atoms with Gasteiger partial charge in [0, 0.05) is 24.2 Å². The fourth-order valence-corrected chi connectivity index (χ4v) is 1.76. The van der Waals surface area contributed by atoms with Crippen LogP contribution in [0.5, 0.6) is 0 Å². The molecule has 1 aliphatic rings. The lowest BCUT2D eigenvalue weighted by Gasteiger charge is -2.18. The minimum atomic E-state index is -0.0498. The number of anilines is 2. The molecule has 3 rings (SSSR count). The van der Waals surface area contributed by atoms with Gasteiger partial charge in [-0.05, 0) is 23.8 Å². The van der Waals surface area contributed by atoms with Crippen LogP contribution < -0.4 is 10.6 Å². The molecule has 0 unspecified atom stereocenters. The van der Waals surface area contributed by atoms with Crippen molar-refractivity contribution in [3.63, 3.8) is 0 Å². The lowest BCUT2D eigenvalue weighted by molar-refractivity contribution is -0.114. The highest BCUT2D eigenvalue weighted by molar-refractivity contribution is 6.00. The first-order valence-electron chi connectivity index (χ1n) is 5.27. The SMILES string of the molecule is O=C1CNc2ncc(-c3ccncc3)cc2N1. The van der Waals surface area contributed by atoms with Crippen LogP contribution in [-0.4, -0.2) is 22.4 Å². The second-order valence-electron chi connectivity index (χ2n) is 3.76.